The van der Waals surface area contributed by atoms with E-state index in [0.717, 1.165) is 25.1 Å². The molecule has 6 heteroatoms. The molecule has 1 saturated carbocycles. The van der Waals surface area contributed by atoms with Crippen LogP contribution in [-0.2, 0) is 0 Å². The van der Waals surface area contributed by atoms with Gasteiger partial charge in [-0.1, -0.05) is 0 Å². The van der Waals surface area contributed by atoms with Crippen LogP contribution in [0.1, 0.15) is 32.1 Å². The predicted molar refractivity (Wildman–Crippen MR) is 84.2 cm³/mol. The van der Waals surface area contributed by atoms with Crippen molar-refractivity contribution in [3.05, 3.63) is 18.2 Å². The molecule has 1 N–H and O–H groups in total. The largest absolute Gasteiger partial charge is 0.497 e. The monoisotopic (exact) mass is 331 g/mol. The summed E-state index contributed by atoms with van der Waals surface area (Å²) in [6.07, 6.45) is -1.67. The van der Waals surface area contributed by atoms with E-state index in [9.17, 15) is 13.2 Å². The highest BCUT2D eigenvalue weighted by atomic mass is 19.4. The average molecular weight is 331 g/mol. The Morgan fingerprint density at radius 2 is 1.48 bits per heavy atom. The van der Waals surface area contributed by atoms with Crippen molar-refractivity contribution in [3.8, 4) is 11.5 Å². The molecule has 3 nitrogen and oxygen atoms in total. The van der Waals surface area contributed by atoms with Crippen LogP contribution in [0.4, 0.5) is 18.9 Å². The normalized spacial score (nSPS) is 21.8. The minimum atomic E-state index is -4.03. The first-order valence-electron chi connectivity index (χ1n) is 7.93. The second-order valence-corrected chi connectivity index (χ2v) is 6.19. The van der Waals surface area contributed by atoms with Crippen molar-refractivity contribution in [2.75, 3.05) is 26.1 Å². The molecule has 0 amide bonds. The van der Waals surface area contributed by atoms with Crippen LogP contribution < -0.4 is 14.8 Å². The molecule has 0 spiro atoms. The first-order valence-corrected chi connectivity index (χ1v) is 7.93. The number of benzene rings is 1. The molecule has 0 radical (unpaired) electrons. The summed E-state index contributed by atoms with van der Waals surface area (Å²) in [6, 6.07) is 5.57. The molecule has 0 atom stereocenters. The highest BCUT2D eigenvalue weighted by molar-refractivity contribution is 5.53. The minimum Gasteiger partial charge on any atom is -0.497 e. The molecule has 2 rings (SSSR count). The summed E-state index contributed by atoms with van der Waals surface area (Å²) in [6.45, 7) is 0.759. The average Bonchev–Trinajstić information content (AvgIpc) is 2.52. The van der Waals surface area contributed by atoms with Crippen LogP contribution in [-0.4, -0.2) is 26.9 Å². The summed E-state index contributed by atoms with van der Waals surface area (Å²) in [4.78, 5) is 0. The lowest BCUT2D eigenvalue weighted by Gasteiger charge is -2.29. The zero-order valence-electron chi connectivity index (χ0n) is 13.6. The summed E-state index contributed by atoms with van der Waals surface area (Å²) in [5.41, 5.74) is 0.901. The Balaban J connectivity index is 1.81. The van der Waals surface area contributed by atoms with Crippen LogP contribution >= 0.6 is 0 Å². The van der Waals surface area contributed by atoms with Crippen LogP contribution in [0.15, 0.2) is 18.2 Å². The van der Waals surface area contributed by atoms with E-state index in [2.05, 4.69) is 5.32 Å². The molecule has 23 heavy (non-hydrogen) atoms. The van der Waals surface area contributed by atoms with Crippen LogP contribution in [0.2, 0.25) is 0 Å². The van der Waals surface area contributed by atoms with Crippen LogP contribution in [0, 0.1) is 11.8 Å². The molecule has 0 heterocycles. The number of ether oxygens (including phenoxy) is 2. The van der Waals surface area contributed by atoms with E-state index in [1.807, 2.05) is 12.1 Å². The number of halogens is 3. The van der Waals surface area contributed by atoms with Gasteiger partial charge in [-0.25, -0.2) is 0 Å². The molecule has 0 saturated heterocycles. The van der Waals surface area contributed by atoms with Crippen molar-refractivity contribution in [2.45, 2.75) is 38.3 Å². The standard InChI is InChI=1S/C17H24F3NO2/c1-22-15-7-14(8-16(9-15)23-2)21-11-13-5-3-12(4-6-13)10-17(18,19)20/h7-9,12-13,21H,3-6,10-11H2,1-2H3. The predicted octanol–water partition coefficient (Wildman–Crippen LogP) is 4.87. The molecule has 1 aliphatic rings. The van der Waals surface area contributed by atoms with Crippen molar-refractivity contribution in [3.63, 3.8) is 0 Å². The van der Waals surface area contributed by atoms with Crippen molar-refractivity contribution in [1.82, 2.24) is 0 Å². The van der Waals surface area contributed by atoms with Gasteiger partial charge in [0.25, 0.3) is 0 Å². The third-order valence-electron chi connectivity index (χ3n) is 4.43. The second-order valence-electron chi connectivity index (χ2n) is 6.19. The highest BCUT2D eigenvalue weighted by Crippen LogP contribution is 2.36. The first kappa shape index (κ1) is 17.8. The van der Waals surface area contributed by atoms with E-state index in [0.29, 0.717) is 30.3 Å². The van der Waals surface area contributed by atoms with E-state index < -0.39 is 12.6 Å². The van der Waals surface area contributed by atoms with Gasteiger partial charge in [0.15, 0.2) is 0 Å². The number of rotatable bonds is 6. The maximum atomic E-state index is 12.4. The highest BCUT2D eigenvalue weighted by Gasteiger charge is 2.33. The van der Waals surface area contributed by atoms with Gasteiger partial charge in [-0.3, -0.25) is 0 Å². The Morgan fingerprint density at radius 1 is 0.957 bits per heavy atom. The van der Waals surface area contributed by atoms with Gasteiger partial charge in [0.1, 0.15) is 11.5 Å². The molecular formula is C17H24F3NO2. The number of anilines is 1. The molecule has 0 aromatic heterocycles. The number of hydrogen-bond acceptors (Lipinski definition) is 3. The lowest BCUT2D eigenvalue weighted by Crippen LogP contribution is -2.24. The molecule has 1 aromatic rings. The van der Waals surface area contributed by atoms with E-state index in [-0.39, 0.29) is 5.92 Å². The lowest BCUT2D eigenvalue weighted by molar-refractivity contribution is -0.147. The van der Waals surface area contributed by atoms with Gasteiger partial charge in [0.2, 0.25) is 0 Å². The fourth-order valence-corrected chi connectivity index (χ4v) is 3.14. The molecular weight excluding hydrogens is 307 g/mol. The van der Waals surface area contributed by atoms with Gasteiger partial charge in [0, 0.05) is 36.9 Å². The Labute approximate surface area is 135 Å². The minimum absolute atomic E-state index is 0.205. The fraction of sp³-hybridized carbons (Fsp3) is 0.647. The third-order valence-corrected chi connectivity index (χ3v) is 4.43. The zero-order valence-corrected chi connectivity index (χ0v) is 13.6. The maximum Gasteiger partial charge on any atom is 0.389 e. The van der Waals surface area contributed by atoms with Crippen molar-refractivity contribution < 1.29 is 22.6 Å². The lowest BCUT2D eigenvalue weighted by atomic mass is 9.80. The number of alkyl halides is 3. The smallest absolute Gasteiger partial charge is 0.389 e. The Morgan fingerprint density at radius 3 is 1.96 bits per heavy atom. The van der Waals surface area contributed by atoms with Crippen molar-refractivity contribution in [1.29, 1.82) is 0 Å². The van der Waals surface area contributed by atoms with Crippen molar-refractivity contribution in [2.24, 2.45) is 11.8 Å². The van der Waals surface area contributed by atoms with E-state index >= 15 is 0 Å². The van der Waals surface area contributed by atoms with Crippen LogP contribution in [0.3, 0.4) is 0 Å². The van der Waals surface area contributed by atoms with Gasteiger partial charge in [-0.05, 0) is 37.5 Å². The summed E-state index contributed by atoms with van der Waals surface area (Å²) < 4.78 is 47.7. The van der Waals surface area contributed by atoms with E-state index in [1.165, 1.54) is 0 Å². The molecule has 0 unspecified atom stereocenters. The van der Waals surface area contributed by atoms with Gasteiger partial charge in [-0.2, -0.15) is 13.2 Å². The summed E-state index contributed by atoms with van der Waals surface area (Å²) in [5, 5.41) is 3.34. The number of methoxy groups -OCH3 is 2. The molecule has 1 aromatic carbocycles. The topological polar surface area (TPSA) is 30.5 Å². The Hall–Kier alpha value is -1.59. The van der Waals surface area contributed by atoms with Crippen LogP contribution in [0.25, 0.3) is 0 Å². The number of hydrogen-bond donors (Lipinski definition) is 1. The van der Waals surface area contributed by atoms with Gasteiger partial charge in [0.05, 0.1) is 14.2 Å². The first-order chi connectivity index (χ1) is 10.9. The Bertz CT molecular complexity index is 475. The molecule has 1 fully saturated rings. The van der Waals surface area contributed by atoms with Gasteiger partial charge >= 0.3 is 6.18 Å². The second kappa shape index (κ2) is 7.79. The summed E-state index contributed by atoms with van der Waals surface area (Å²) >= 11 is 0. The fourth-order valence-electron chi connectivity index (χ4n) is 3.14. The van der Waals surface area contributed by atoms with Crippen LogP contribution in [0.5, 0.6) is 11.5 Å². The molecule has 130 valence electrons. The van der Waals surface area contributed by atoms with E-state index in [4.69, 9.17) is 9.47 Å². The molecule has 1 aliphatic carbocycles. The Kier molecular flexibility index (Phi) is 6.02. The van der Waals surface area contributed by atoms with Gasteiger partial charge in [-0.15, -0.1) is 0 Å². The maximum absolute atomic E-state index is 12.4. The summed E-state index contributed by atoms with van der Waals surface area (Å²) in [7, 11) is 3.20. The third kappa shape index (κ3) is 5.84. The van der Waals surface area contributed by atoms with E-state index in [1.54, 1.807) is 20.3 Å². The SMILES string of the molecule is COc1cc(NCC2CCC(CC(F)(F)F)CC2)cc(OC)c1. The molecule has 0 aliphatic heterocycles. The zero-order chi connectivity index (χ0) is 16.9. The summed E-state index contributed by atoms with van der Waals surface area (Å²) in [5.74, 6) is 1.63. The quantitative estimate of drug-likeness (QED) is 0.806. The number of nitrogens with one attached hydrogen (secondary N) is 1. The van der Waals surface area contributed by atoms with Crippen molar-refractivity contribution >= 4 is 5.69 Å². The molecule has 0 bridgehead atoms. The van der Waals surface area contributed by atoms with Gasteiger partial charge < -0.3 is 14.8 Å².